The summed E-state index contributed by atoms with van der Waals surface area (Å²) in [5.74, 6) is -1.12. The molecule has 1 unspecified atom stereocenters. The molecule has 0 fully saturated rings. The zero-order chi connectivity index (χ0) is 12.1. The number of urea groups is 1. The van der Waals surface area contributed by atoms with Crippen LogP contribution in [0.1, 0.15) is 13.3 Å². The van der Waals surface area contributed by atoms with Crippen molar-refractivity contribution < 1.29 is 19.8 Å². The number of carbonyl (C=O) groups is 2. The highest BCUT2D eigenvalue weighted by atomic mass is 16.4. The minimum Gasteiger partial charge on any atom is -0.481 e. The van der Waals surface area contributed by atoms with Gasteiger partial charge in [-0.1, -0.05) is 0 Å². The molecule has 0 aromatic carbocycles. The Hall–Kier alpha value is -1.34. The fraction of sp³-hybridized carbons (Fsp3) is 0.750. The average Bonchev–Trinajstić information content (AvgIpc) is 1.97. The van der Waals surface area contributed by atoms with Gasteiger partial charge < -0.3 is 15.5 Å². The van der Waals surface area contributed by atoms with Crippen LogP contribution in [0.4, 0.5) is 4.79 Å². The lowest BCUT2D eigenvalue weighted by Crippen LogP contribution is -2.49. The van der Waals surface area contributed by atoms with Gasteiger partial charge in [0.25, 0.3) is 0 Å². The van der Waals surface area contributed by atoms with Gasteiger partial charge in [0.05, 0.1) is 12.0 Å². The van der Waals surface area contributed by atoms with Gasteiger partial charge in [0.15, 0.2) is 0 Å². The Kier molecular flexibility index (Phi) is 5.03. The maximum atomic E-state index is 11.1. The van der Waals surface area contributed by atoms with Crippen molar-refractivity contribution in [1.82, 2.24) is 15.8 Å². The second-order valence-corrected chi connectivity index (χ2v) is 3.76. The maximum Gasteiger partial charge on any atom is 0.329 e. The van der Waals surface area contributed by atoms with Crippen molar-refractivity contribution in [2.45, 2.75) is 18.9 Å². The van der Waals surface area contributed by atoms with E-state index in [1.807, 2.05) is 0 Å². The molecule has 0 aromatic heterocycles. The van der Waals surface area contributed by atoms with E-state index in [1.54, 1.807) is 14.1 Å². The first-order chi connectivity index (χ1) is 6.73. The fourth-order valence-electron chi connectivity index (χ4n) is 0.902. The van der Waals surface area contributed by atoms with Crippen LogP contribution in [0.2, 0.25) is 0 Å². The van der Waals surface area contributed by atoms with Crippen LogP contribution >= 0.6 is 0 Å². The van der Waals surface area contributed by atoms with Crippen molar-refractivity contribution in [3.63, 3.8) is 0 Å². The smallest absolute Gasteiger partial charge is 0.329 e. The molecule has 0 aliphatic carbocycles. The summed E-state index contributed by atoms with van der Waals surface area (Å²) in [6, 6.07) is -0.495. The van der Waals surface area contributed by atoms with Crippen molar-refractivity contribution in [2.75, 3.05) is 20.6 Å². The predicted octanol–water partition coefficient (Wildman–Crippen LogP) is -1.01. The summed E-state index contributed by atoms with van der Waals surface area (Å²) in [5, 5.41) is 21.8. The van der Waals surface area contributed by atoms with Crippen molar-refractivity contribution in [2.24, 2.45) is 0 Å². The van der Waals surface area contributed by atoms with E-state index in [2.05, 4.69) is 10.7 Å². The zero-order valence-corrected chi connectivity index (χ0v) is 9.07. The standard InChI is InChI=1S/C8H17N3O4/c1-8(15,4-6(12)13)5-9-7(14)10-11(2)3/h15H,4-5H2,1-3H3,(H,12,13)(H2,9,10,14). The van der Waals surface area contributed by atoms with Gasteiger partial charge in [-0.2, -0.15) is 0 Å². The molecule has 0 saturated carbocycles. The summed E-state index contributed by atoms with van der Waals surface area (Å²) < 4.78 is 0. The summed E-state index contributed by atoms with van der Waals surface area (Å²) in [6.07, 6.45) is -0.421. The number of carbonyl (C=O) groups excluding carboxylic acids is 1. The third kappa shape index (κ3) is 7.71. The Balaban J connectivity index is 3.92. The Labute approximate surface area is 88.0 Å². The molecule has 0 aromatic rings. The van der Waals surface area contributed by atoms with E-state index in [9.17, 15) is 14.7 Å². The predicted molar refractivity (Wildman–Crippen MR) is 53.1 cm³/mol. The third-order valence-corrected chi connectivity index (χ3v) is 1.49. The highest BCUT2D eigenvalue weighted by Gasteiger charge is 2.24. The van der Waals surface area contributed by atoms with E-state index in [0.29, 0.717) is 0 Å². The number of aliphatic carboxylic acids is 1. The number of amides is 2. The number of aliphatic hydroxyl groups is 1. The topological polar surface area (TPSA) is 102 Å². The Morgan fingerprint density at radius 2 is 1.93 bits per heavy atom. The van der Waals surface area contributed by atoms with Crippen LogP contribution in [0.25, 0.3) is 0 Å². The number of nitrogens with one attached hydrogen (secondary N) is 2. The van der Waals surface area contributed by atoms with Crippen LogP contribution in [0.5, 0.6) is 0 Å². The molecular formula is C8H17N3O4. The molecule has 0 aliphatic rings. The number of nitrogens with zero attached hydrogens (tertiary/aromatic N) is 1. The Morgan fingerprint density at radius 3 is 2.33 bits per heavy atom. The van der Waals surface area contributed by atoms with Gasteiger partial charge in [-0.3, -0.25) is 10.2 Å². The fourth-order valence-corrected chi connectivity index (χ4v) is 0.902. The molecule has 88 valence electrons. The van der Waals surface area contributed by atoms with E-state index in [0.717, 1.165) is 0 Å². The number of rotatable bonds is 5. The molecule has 0 radical (unpaired) electrons. The highest BCUT2D eigenvalue weighted by Crippen LogP contribution is 2.06. The van der Waals surface area contributed by atoms with Gasteiger partial charge in [0.1, 0.15) is 0 Å². The highest BCUT2D eigenvalue weighted by molar-refractivity contribution is 5.73. The number of carboxylic acids is 1. The zero-order valence-electron chi connectivity index (χ0n) is 9.07. The van der Waals surface area contributed by atoms with Crippen LogP contribution in [0, 0.1) is 0 Å². The van der Waals surface area contributed by atoms with Gasteiger partial charge in [-0.25, -0.2) is 9.80 Å². The van der Waals surface area contributed by atoms with Crippen molar-refractivity contribution in [3.05, 3.63) is 0 Å². The van der Waals surface area contributed by atoms with E-state index in [4.69, 9.17) is 5.11 Å². The minimum absolute atomic E-state index is 0.126. The van der Waals surface area contributed by atoms with E-state index >= 15 is 0 Å². The molecule has 0 heterocycles. The van der Waals surface area contributed by atoms with E-state index in [1.165, 1.54) is 11.9 Å². The second-order valence-electron chi connectivity index (χ2n) is 3.76. The Morgan fingerprint density at radius 1 is 1.40 bits per heavy atom. The minimum atomic E-state index is -1.45. The van der Waals surface area contributed by atoms with Crippen LogP contribution < -0.4 is 10.7 Å². The quantitative estimate of drug-likeness (QED) is 0.444. The monoisotopic (exact) mass is 219 g/mol. The molecule has 15 heavy (non-hydrogen) atoms. The van der Waals surface area contributed by atoms with E-state index < -0.39 is 24.0 Å². The molecular weight excluding hydrogens is 202 g/mol. The number of hydrazine groups is 1. The first kappa shape index (κ1) is 13.7. The van der Waals surface area contributed by atoms with Gasteiger partial charge in [0.2, 0.25) is 0 Å². The number of hydrogen-bond acceptors (Lipinski definition) is 4. The lowest BCUT2D eigenvalue weighted by atomic mass is 10.0. The van der Waals surface area contributed by atoms with Crippen LogP contribution in [-0.4, -0.2) is 53.5 Å². The number of hydrogen-bond donors (Lipinski definition) is 4. The molecule has 0 saturated heterocycles. The van der Waals surface area contributed by atoms with Crippen molar-refractivity contribution in [3.8, 4) is 0 Å². The summed E-state index contributed by atoms with van der Waals surface area (Å²) in [5.41, 5.74) is 0.944. The van der Waals surface area contributed by atoms with Gasteiger partial charge in [-0.05, 0) is 6.92 Å². The van der Waals surface area contributed by atoms with Crippen LogP contribution in [0.15, 0.2) is 0 Å². The van der Waals surface area contributed by atoms with Crippen LogP contribution in [0.3, 0.4) is 0 Å². The van der Waals surface area contributed by atoms with Crippen LogP contribution in [-0.2, 0) is 4.79 Å². The van der Waals surface area contributed by atoms with E-state index in [-0.39, 0.29) is 6.54 Å². The lowest BCUT2D eigenvalue weighted by Gasteiger charge is -2.22. The summed E-state index contributed by atoms with van der Waals surface area (Å²) >= 11 is 0. The molecule has 7 heteroatoms. The lowest BCUT2D eigenvalue weighted by molar-refractivity contribution is -0.141. The first-order valence-corrected chi connectivity index (χ1v) is 4.39. The average molecular weight is 219 g/mol. The molecule has 0 spiro atoms. The normalized spacial score (nSPS) is 14.5. The molecule has 4 N–H and O–H groups in total. The molecule has 2 amide bonds. The third-order valence-electron chi connectivity index (χ3n) is 1.49. The van der Waals surface area contributed by atoms with Crippen molar-refractivity contribution in [1.29, 1.82) is 0 Å². The van der Waals surface area contributed by atoms with Gasteiger partial charge >= 0.3 is 12.0 Å². The van der Waals surface area contributed by atoms with Gasteiger partial charge in [0, 0.05) is 20.6 Å². The summed E-state index contributed by atoms with van der Waals surface area (Å²) in [4.78, 5) is 21.4. The molecule has 0 aliphatic heterocycles. The SMILES string of the molecule is CN(C)NC(=O)NCC(C)(O)CC(=O)O. The van der Waals surface area contributed by atoms with Crippen molar-refractivity contribution >= 4 is 12.0 Å². The summed E-state index contributed by atoms with van der Waals surface area (Å²) in [7, 11) is 3.27. The first-order valence-electron chi connectivity index (χ1n) is 4.39. The summed E-state index contributed by atoms with van der Waals surface area (Å²) in [6.45, 7) is 1.22. The molecule has 0 rings (SSSR count). The second kappa shape index (κ2) is 5.52. The maximum absolute atomic E-state index is 11.1. The molecule has 0 bridgehead atoms. The Bertz CT molecular complexity index is 240. The molecule has 7 nitrogen and oxygen atoms in total. The largest absolute Gasteiger partial charge is 0.481 e. The number of carboxylic acid groups (broad SMARTS) is 1. The molecule has 1 atom stereocenters. The van der Waals surface area contributed by atoms with Gasteiger partial charge in [-0.15, -0.1) is 0 Å².